The van der Waals surface area contributed by atoms with Crippen molar-refractivity contribution in [3.8, 4) is 0 Å². The number of rotatable bonds is 4. The number of anilines is 1. The summed E-state index contributed by atoms with van der Waals surface area (Å²) in [6.07, 6.45) is 4.44. The summed E-state index contributed by atoms with van der Waals surface area (Å²) >= 11 is 0. The molecule has 128 valence electrons. The van der Waals surface area contributed by atoms with Crippen molar-refractivity contribution >= 4 is 11.7 Å². The van der Waals surface area contributed by atoms with Crippen LogP contribution in [0.1, 0.15) is 49.7 Å². The van der Waals surface area contributed by atoms with Gasteiger partial charge < -0.3 is 15.0 Å². The van der Waals surface area contributed by atoms with Gasteiger partial charge in [0, 0.05) is 19.3 Å². The molecule has 1 saturated heterocycles. The van der Waals surface area contributed by atoms with Gasteiger partial charge in [-0.3, -0.25) is 5.10 Å². The molecule has 0 unspecified atom stereocenters. The van der Waals surface area contributed by atoms with Crippen LogP contribution in [-0.2, 0) is 4.74 Å². The molecular formula is C17H23N5O2. The molecule has 1 fully saturated rings. The van der Waals surface area contributed by atoms with E-state index in [1.54, 1.807) is 7.11 Å². The molecule has 2 heterocycles. The molecule has 3 rings (SSSR count). The van der Waals surface area contributed by atoms with Gasteiger partial charge >= 0.3 is 6.03 Å². The Balaban J connectivity index is 1.73. The van der Waals surface area contributed by atoms with E-state index in [1.807, 2.05) is 36.1 Å². The highest BCUT2D eigenvalue weighted by molar-refractivity contribution is 5.89. The standard InChI is InChI=1S/C17H23N5O2/c1-12(24-2)13-6-5-7-14(10-13)20-17(23)22-9-4-3-8-15(22)16-18-11-19-21-16/h5-7,10-12,15H,3-4,8-9H2,1-2H3,(H,20,23)(H,18,19,21)/t12-,15+/m0/s1. The Labute approximate surface area is 141 Å². The fourth-order valence-electron chi connectivity index (χ4n) is 3.04. The molecule has 24 heavy (non-hydrogen) atoms. The lowest BCUT2D eigenvalue weighted by Crippen LogP contribution is -2.41. The molecule has 1 aromatic heterocycles. The number of H-pyrrole nitrogens is 1. The number of benzene rings is 1. The van der Waals surface area contributed by atoms with Gasteiger partial charge in [-0.15, -0.1) is 0 Å². The van der Waals surface area contributed by atoms with Crippen LogP contribution in [0.4, 0.5) is 10.5 Å². The molecule has 2 amide bonds. The molecule has 7 heteroatoms. The lowest BCUT2D eigenvalue weighted by atomic mass is 10.0. The number of hydrogen-bond donors (Lipinski definition) is 2. The minimum atomic E-state index is -0.113. The summed E-state index contributed by atoms with van der Waals surface area (Å²) < 4.78 is 5.34. The highest BCUT2D eigenvalue weighted by Crippen LogP contribution is 2.29. The fraction of sp³-hybridized carbons (Fsp3) is 0.471. The number of piperidine rings is 1. The maximum Gasteiger partial charge on any atom is 0.322 e. The van der Waals surface area contributed by atoms with Gasteiger partial charge in [-0.1, -0.05) is 12.1 Å². The quantitative estimate of drug-likeness (QED) is 0.902. The molecule has 1 aliphatic rings. The first kappa shape index (κ1) is 16.4. The Hall–Kier alpha value is -2.41. The Morgan fingerprint density at radius 3 is 3.08 bits per heavy atom. The zero-order valence-corrected chi connectivity index (χ0v) is 14.0. The summed E-state index contributed by atoms with van der Waals surface area (Å²) in [7, 11) is 1.67. The molecule has 1 aliphatic heterocycles. The number of amides is 2. The predicted octanol–water partition coefficient (Wildman–Crippen LogP) is 3.27. The van der Waals surface area contributed by atoms with Gasteiger partial charge in [0.2, 0.25) is 0 Å². The average Bonchev–Trinajstić information content (AvgIpc) is 3.15. The Bertz CT molecular complexity index is 673. The van der Waals surface area contributed by atoms with E-state index in [9.17, 15) is 4.79 Å². The van der Waals surface area contributed by atoms with Crippen LogP contribution in [0.3, 0.4) is 0 Å². The van der Waals surface area contributed by atoms with Crippen molar-refractivity contribution in [2.75, 3.05) is 19.0 Å². The first-order valence-corrected chi connectivity index (χ1v) is 8.24. The third kappa shape index (κ3) is 3.56. The maximum atomic E-state index is 12.7. The van der Waals surface area contributed by atoms with Gasteiger partial charge in [-0.25, -0.2) is 9.78 Å². The lowest BCUT2D eigenvalue weighted by molar-refractivity contribution is 0.119. The highest BCUT2D eigenvalue weighted by Gasteiger charge is 2.30. The minimum Gasteiger partial charge on any atom is -0.377 e. The molecule has 7 nitrogen and oxygen atoms in total. The van der Waals surface area contributed by atoms with Gasteiger partial charge in [0.15, 0.2) is 0 Å². The molecule has 0 aliphatic carbocycles. The number of ether oxygens (including phenoxy) is 1. The molecule has 0 radical (unpaired) electrons. The number of methoxy groups -OCH3 is 1. The second-order valence-electron chi connectivity index (χ2n) is 6.01. The van der Waals surface area contributed by atoms with Crippen molar-refractivity contribution in [2.24, 2.45) is 0 Å². The van der Waals surface area contributed by atoms with Crippen molar-refractivity contribution in [1.29, 1.82) is 0 Å². The third-order valence-corrected chi connectivity index (χ3v) is 4.47. The van der Waals surface area contributed by atoms with Crippen LogP contribution in [0.5, 0.6) is 0 Å². The second kappa shape index (κ2) is 7.44. The van der Waals surface area contributed by atoms with Crippen LogP contribution in [0.2, 0.25) is 0 Å². The van der Waals surface area contributed by atoms with Gasteiger partial charge in [0.05, 0.1) is 12.1 Å². The number of urea groups is 1. The lowest BCUT2D eigenvalue weighted by Gasteiger charge is -2.34. The van der Waals surface area contributed by atoms with E-state index in [4.69, 9.17) is 4.74 Å². The summed E-state index contributed by atoms with van der Waals surface area (Å²) in [5.41, 5.74) is 1.80. The molecule has 0 bridgehead atoms. The van der Waals surface area contributed by atoms with Crippen LogP contribution >= 0.6 is 0 Å². The van der Waals surface area contributed by atoms with Crippen LogP contribution in [0.15, 0.2) is 30.6 Å². The molecular weight excluding hydrogens is 306 g/mol. The van der Waals surface area contributed by atoms with E-state index in [0.717, 1.165) is 36.3 Å². The first-order valence-electron chi connectivity index (χ1n) is 8.24. The largest absolute Gasteiger partial charge is 0.377 e. The van der Waals surface area contributed by atoms with E-state index in [2.05, 4.69) is 20.5 Å². The van der Waals surface area contributed by atoms with E-state index in [1.165, 1.54) is 6.33 Å². The third-order valence-electron chi connectivity index (χ3n) is 4.47. The summed E-state index contributed by atoms with van der Waals surface area (Å²) in [5, 5.41) is 9.79. The summed E-state index contributed by atoms with van der Waals surface area (Å²) in [4.78, 5) is 18.8. The molecule has 0 spiro atoms. The fourth-order valence-corrected chi connectivity index (χ4v) is 3.04. The van der Waals surface area contributed by atoms with Crippen LogP contribution in [-0.4, -0.2) is 39.8 Å². The number of nitrogens with one attached hydrogen (secondary N) is 2. The number of carbonyl (C=O) groups excluding carboxylic acids is 1. The molecule has 2 atom stereocenters. The van der Waals surface area contributed by atoms with Crippen molar-refractivity contribution in [3.63, 3.8) is 0 Å². The van der Waals surface area contributed by atoms with E-state index >= 15 is 0 Å². The van der Waals surface area contributed by atoms with Crippen LogP contribution in [0.25, 0.3) is 0 Å². The number of likely N-dealkylation sites (tertiary alicyclic amines) is 1. The summed E-state index contributed by atoms with van der Waals surface area (Å²) in [6, 6.07) is 7.57. The van der Waals surface area contributed by atoms with Crippen molar-refractivity contribution in [3.05, 3.63) is 42.0 Å². The topological polar surface area (TPSA) is 83.1 Å². The predicted molar refractivity (Wildman–Crippen MR) is 90.6 cm³/mol. The van der Waals surface area contributed by atoms with Crippen LogP contribution in [0, 0.1) is 0 Å². The minimum absolute atomic E-state index is 0.0150. The van der Waals surface area contributed by atoms with Gasteiger partial charge in [-0.05, 0) is 43.9 Å². The smallest absolute Gasteiger partial charge is 0.322 e. The molecule has 0 saturated carbocycles. The van der Waals surface area contributed by atoms with Crippen molar-refractivity contribution in [2.45, 2.75) is 38.3 Å². The van der Waals surface area contributed by atoms with E-state index < -0.39 is 0 Å². The van der Waals surface area contributed by atoms with Gasteiger partial charge in [0.1, 0.15) is 12.2 Å². The number of aromatic amines is 1. The number of carbonyl (C=O) groups is 1. The van der Waals surface area contributed by atoms with E-state index in [-0.39, 0.29) is 18.2 Å². The van der Waals surface area contributed by atoms with E-state index in [0.29, 0.717) is 6.54 Å². The van der Waals surface area contributed by atoms with Crippen molar-refractivity contribution < 1.29 is 9.53 Å². The zero-order chi connectivity index (χ0) is 16.9. The van der Waals surface area contributed by atoms with Gasteiger partial charge in [-0.2, -0.15) is 5.10 Å². The monoisotopic (exact) mass is 329 g/mol. The SMILES string of the molecule is CO[C@@H](C)c1cccc(NC(=O)N2CCCC[C@@H]2c2ncn[nH]2)c1. The Kier molecular flexibility index (Phi) is 5.10. The summed E-state index contributed by atoms with van der Waals surface area (Å²) in [6.45, 7) is 2.69. The Morgan fingerprint density at radius 2 is 2.33 bits per heavy atom. The Morgan fingerprint density at radius 1 is 1.46 bits per heavy atom. The second-order valence-corrected chi connectivity index (χ2v) is 6.01. The first-order chi connectivity index (χ1) is 11.7. The number of aromatic nitrogens is 3. The molecule has 2 N–H and O–H groups in total. The highest BCUT2D eigenvalue weighted by atomic mass is 16.5. The number of hydrogen-bond acceptors (Lipinski definition) is 4. The van der Waals surface area contributed by atoms with Crippen LogP contribution < -0.4 is 5.32 Å². The normalized spacial score (nSPS) is 19.1. The number of nitrogens with zero attached hydrogens (tertiary/aromatic N) is 3. The molecule has 1 aromatic carbocycles. The zero-order valence-electron chi connectivity index (χ0n) is 14.0. The average molecular weight is 329 g/mol. The summed E-state index contributed by atoms with van der Waals surface area (Å²) in [5.74, 6) is 0.742. The molecule has 2 aromatic rings. The van der Waals surface area contributed by atoms with Crippen molar-refractivity contribution in [1.82, 2.24) is 20.1 Å². The van der Waals surface area contributed by atoms with Gasteiger partial charge in [0.25, 0.3) is 0 Å². The maximum absolute atomic E-state index is 12.7.